The number of rotatable bonds is 6. The standard InChI is InChI=1S/C23H26N4O3/c1-26-22(29)23(14-17-8-4-2-5-9-17)16-27(13-12-20(23)25-26)21(28)19(24)15-30-18-10-6-3-7-11-18/h2-11,19H,12-16,24H2,1H3/t19?,23-/m1/s1. The van der Waals surface area contributed by atoms with Crippen LogP contribution in [0.2, 0.25) is 0 Å². The Balaban J connectivity index is 1.49. The maximum absolute atomic E-state index is 13.1. The molecule has 2 aromatic rings. The lowest BCUT2D eigenvalue weighted by Crippen LogP contribution is -2.58. The molecule has 0 saturated carbocycles. The first-order valence-electron chi connectivity index (χ1n) is 10.1. The van der Waals surface area contributed by atoms with E-state index in [0.29, 0.717) is 25.1 Å². The molecule has 2 aliphatic heterocycles. The van der Waals surface area contributed by atoms with Gasteiger partial charge in [-0.25, -0.2) is 5.01 Å². The van der Waals surface area contributed by atoms with Gasteiger partial charge in [-0.3, -0.25) is 9.59 Å². The molecule has 0 aromatic heterocycles. The van der Waals surface area contributed by atoms with Gasteiger partial charge in [-0.1, -0.05) is 48.5 Å². The molecule has 0 spiro atoms. The van der Waals surface area contributed by atoms with E-state index in [1.165, 1.54) is 5.01 Å². The zero-order valence-corrected chi connectivity index (χ0v) is 17.0. The zero-order valence-electron chi connectivity index (χ0n) is 17.0. The maximum atomic E-state index is 13.1. The smallest absolute Gasteiger partial charge is 0.256 e. The Morgan fingerprint density at radius 2 is 1.83 bits per heavy atom. The van der Waals surface area contributed by atoms with E-state index in [-0.39, 0.29) is 25.0 Å². The molecule has 2 N–H and O–H groups in total. The zero-order chi connectivity index (χ0) is 21.1. The van der Waals surface area contributed by atoms with Crippen LogP contribution in [0.1, 0.15) is 12.0 Å². The first kappa shape index (κ1) is 20.1. The highest BCUT2D eigenvalue weighted by molar-refractivity contribution is 6.13. The van der Waals surface area contributed by atoms with Gasteiger partial charge in [0.25, 0.3) is 5.91 Å². The predicted octanol–water partition coefficient (Wildman–Crippen LogP) is 1.68. The van der Waals surface area contributed by atoms with Crippen LogP contribution in [-0.4, -0.2) is 60.2 Å². The van der Waals surface area contributed by atoms with Crippen molar-refractivity contribution < 1.29 is 14.3 Å². The molecule has 156 valence electrons. The van der Waals surface area contributed by atoms with Gasteiger partial charge in [0, 0.05) is 26.6 Å². The largest absolute Gasteiger partial charge is 0.491 e. The summed E-state index contributed by atoms with van der Waals surface area (Å²) in [6.07, 6.45) is 1.07. The van der Waals surface area contributed by atoms with Gasteiger partial charge in [-0.2, -0.15) is 5.10 Å². The number of benzene rings is 2. The number of hydrazone groups is 1. The molecule has 4 rings (SSSR count). The summed E-state index contributed by atoms with van der Waals surface area (Å²) in [5.41, 5.74) is 7.21. The number of hydrogen-bond acceptors (Lipinski definition) is 5. The van der Waals surface area contributed by atoms with Crippen LogP contribution in [-0.2, 0) is 16.0 Å². The van der Waals surface area contributed by atoms with Crippen molar-refractivity contribution in [2.45, 2.75) is 18.9 Å². The molecule has 0 aliphatic carbocycles. The summed E-state index contributed by atoms with van der Waals surface area (Å²) in [4.78, 5) is 27.9. The fraction of sp³-hybridized carbons (Fsp3) is 0.348. The Bertz CT molecular complexity index is 947. The number of nitrogens with zero attached hydrogens (tertiary/aromatic N) is 3. The van der Waals surface area contributed by atoms with E-state index in [0.717, 1.165) is 11.3 Å². The molecule has 1 fully saturated rings. The summed E-state index contributed by atoms with van der Waals surface area (Å²) in [6.45, 7) is 0.857. The summed E-state index contributed by atoms with van der Waals surface area (Å²) >= 11 is 0. The highest BCUT2D eigenvalue weighted by atomic mass is 16.5. The number of likely N-dealkylation sites (tertiary alicyclic amines) is 1. The van der Waals surface area contributed by atoms with Gasteiger partial charge in [0.15, 0.2) is 0 Å². The first-order chi connectivity index (χ1) is 14.5. The van der Waals surface area contributed by atoms with Crippen LogP contribution in [0, 0.1) is 5.41 Å². The fourth-order valence-corrected chi connectivity index (χ4v) is 4.22. The summed E-state index contributed by atoms with van der Waals surface area (Å²) < 4.78 is 5.65. The van der Waals surface area contributed by atoms with Gasteiger partial charge in [-0.05, 0) is 24.1 Å². The minimum absolute atomic E-state index is 0.0760. The number of fused-ring (bicyclic) bond motifs is 1. The molecule has 2 aromatic carbocycles. The SMILES string of the molecule is CN1N=C2CCN(C(=O)C(N)COc3ccccc3)C[C@@]2(Cc2ccccc2)C1=O. The average molecular weight is 406 g/mol. The average Bonchev–Trinajstić information content (AvgIpc) is 3.02. The lowest BCUT2D eigenvalue weighted by Gasteiger charge is -2.40. The second-order valence-electron chi connectivity index (χ2n) is 7.86. The fourth-order valence-electron chi connectivity index (χ4n) is 4.22. The second kappa shape index (κ2) is 8.28. The monoisotopic (exact) mass is 406 g/mol. The number of piperidine rings is 1. The van der Waals surface area contributed by atoms with Gasteiger partial charge in [0.1, 0.15) is 23.8 Å². The van der Waals surface area contributed by atoms with Crippen LogP contribution < -0.4 is 10.5 Å². The lowest BCUT2D eigenvalue weighted by molar-refractivity contribution is -0.140. The first-order valence-corrected chi connectivity index (χ1v) is 10.1. The molecule has 2 amide bonds. The van der Waals surface area contributed by atoms with E-state index in [1.54, 1.807) is 11.9 Å². The molecular formula is C23H26N4O3. The molecule has 2 heterocycles. The van der Waals surface area contributed by atoms with Crippen LogP contribution in [0.5, 0.6) is 5.75 Å². The summed E-state index contributed by atoms with van der Waals surface area (Å²) in [6, 6.07) is 18.3. The van der Waals surface area contributed by atoms with Crippen LogP contribution in [0.3, 0.4) is 0 Å². The number of amides is 2. The minimum Gasteiger partial charge on any atom is -0.491 e. The highest BCUT2D eigenvalue weighted by Crippen LogP contribution is 2.38. The van der Waals surface area contributed by atoms with Crippen LogP contribution in [0.25, 0.3) is 0 Å². The molecule has 0 bridgehead atoms. The van der Waals surface area contributed by atoms with E-state index >= 15 is 0 Å². The van der Waals surface area contributed by atoms with Crippen LogP contribution in [0.15, 0.2) is 65.8 Å². The number of carbonyl (C=O) groups is 2. The Kier molecular flexibility index (Phi) is 5.55. The van der Waals surface area contributed by atoms with Crippen molar-refractivity contribution in [2.24, 2.45) is 16.3 Å². The van der Waals surface area contributed by atoms with Crippen LogP contribution in [0.4, 0.5) is 0 Å². The number of hydrogen-bond donors (Lipinski definition) is 1. The predicted molar refractivity (Wildman–Crippen MR) is 114 cm³/mol. The van der Waals surface area contributed by atoms with E-state index in [1.807, 2.05) is 60.7 Å². The molecule has 2 aliphatic rings. The highest BCUT2D eigenvalue weighted by Gasteiger charge is 2.53. The topological polar surface area (TPSA) is 88.2 Å². The van der Waals surface area contributed by atoms with Crippen molar-refractivity contribution in [2.75, 3.05) is 26.7 Å². The van der Waals surface area contributed by atoms with Gasteiger partial charge in [0.05, 0.1) is 5.71 Å². The number of para-hydroxylation sites is 1. The van der Waals surface area contributed by atoms with E-state index < -0.39 is 11.5 Å². The van der Waals surface area contributed by atoms with Crippen molar-refractivity contribution in [1.82, 2.24) is 9.91 Å². The van der Waals surface area contributed by atoms with Crippen molar-refractivity contribution in [3.63, 3.8) is 0 Å². The third-order valence-corrected chi connectivity index (χ3v) is 5.76. The number of carbonyl (C=O) groups excluding carboxylic acids is 2. The minimum atomic E-state index is -0.829. The Morgan fingerprint density at radius 3 is 2.53 bits per heavy atom. The lowest BCUT2D eigenvalue weighted by atomic mass is 9.73. The normalized spacial score (nSPS) is 21.8. The Morgan fingerprint density at radius 1 is 1.17 bits per heavy atom. The maximum Gasteiger partial charge on any atom is 0.256 e. The molecule has 30 heavy (non-hydrogen) atoms. The van der Waals surface area contributed by atoms with Crippen molar-refractivity contribution in [3.05, 3.63) is 66.2 Å². The number of nitrogens with two attached hydrogens (primary N) is 1. The Hall–Kier alpha value is -3.19. The quantitative estimate of drug-likeness (QED) is 0.791. The molecule has 7 heteroatoms. The summed E-state index contributed by atoms with van der Waals surface area (Å²) in [5, 5.41) is 5.89. The van der Waals surface area contributed by atoms with Crippen molar-refractivity contribution in [1.29, 1.82) is 0 Å². The van der Waals surface area contributed by atoms with E-state index in [4.69, 9.17) is 10.5 Å². The third-order valence-electron chi connectivity index (χ3n) is 5.76. The van der Waals surface area contributed by atoms with Gasteiger partial charge < -0.3 is 15.4 Å². The van der Waals surface area contributed by atoms with Crippen molar-refractivity contribution in [3.8, 4) is 5.75 Å². The van der Waals surface area contributed by atoms with Crippen LogP contribution >= 0.6 is 0 Å². The van der Waals surface area contributed by atoms with Gasteiger partial charge in [-0.15, -0.1) is 0 Å². The van der Waals surface area contributed by atoms with Crippen molar-refractivity contribution >= 4 is 17.5 Å². The molecular weight excluding hydrogens is 380 g/mol. The van der Waals surface area contributed by atoms with Gasteiger partial charge >= 0.3 is 0 Å². The summed E-state index contributed by atoms with van der Waals surface area (Å²) in [5.74, 6) is 0.384. The van der Waals surface area contributed by atoms with Gasteiger partial charge in [0.2, 0.25) is 5.91 Å². The van der Waals surface area contributed by atoms with E-state index in [9.17, 15) is 9.59 Å². The summed E-state index contributed by atoms with van der Waals surface area (Å²) in [7, 11) is 1.67. The van der Waals surface area contributed by atoms with E-state index in [2.05, 4.69) is 5.10 Å². The molecule has 0 radical (unpaired) electrons. The molecule has 7 nitrogen and oxygen atoms in total. The third kappa shape index (κ3) is 3.80. The number of ether oxygens (including phenoxy) is 1. The Labute approximate surface area is 176 Å². The molecule has 2 atom stereocenters. The second-order valence-corrected chi connectivity index (χ2v) is 7.86. The molecule has 1 saturated heterocycles. The molecule has 1 unspecified atom stereocenters.